The lowest BCUT2D eigenvalue weighted by Crippen LogP contribution is -2.24. The number of hydrogen-bond acceptors (Lipinski definition) is 3. The summed E-state index contributed by atoms with van der Waals surface area (Å²) in [5.74, 6) is 1.25. The normalized spacial score (nSPS) is 21.5. The van der Waals surface area contributed by atoms with Gasteiger partial charge in [-0.25, -0.2) is 0 Å². The molecule has 350 valence electrons. The van der Waals surface area contributed by atoms with Crippen molar-refractivity contribution in [3.8, 4) is 0 Å². The predicted octanol–water partition coefficient (Wildman–Crippen LogP) is 19.4. The number of nitrogens with zero attached hydrogens (tertiary/aromatic N) is 1. The van der Waals surface area contributed by atoms with Crippen molar-refractivity contribution < 1.29 is 0 Å². The minimum Gasteiger partial charge on any atom is -0.314 e. The summed E-state index contributed by atoms with van der Waals surface area (Å²) >= 11 is 3.84. The fourth-order valence-corrected chi connectivity index (χ4v) is 15.5. The van der Waals surface area contributed by atoms with E-state index in [1.165, 1.54) is 101 Å². The maximum absolute atomic E-state index is 2.60. The van der Waals surface area contributed by atoms with E-state index >= 15 is 0 Å². The minimum absolute atomic E-state index is 0.102. The lowest BCUT2D eigenvalue weighted by atomic mass is 9.67. The van der Waals surface area contributed by atoms with Crippen LogP contribution in [0.25, 0.3) is 57.4 Å². The zero-order valence-electron chi connectivity index (χ0n) is 40.6. The molecule has 1 fully saturated rings. The highest BCUT2D eigenvalue weighted by Gasteiger charge is 2.47. The van der Waals surface area contributed by atoms with Gasteiger partial charge < -0.3 is 4.90 Å². The van der Waals surface area contributed by atoms with Gasteiger partial charge in [-0.1, -0.05) is 159 Å². The number of allylic oxidation sites excluding steroid dienone is 16. The first kappa shape index (κ1) is 43.7. The van der Waals surface area contributed by atoms with Gasteiger partial charge in [0.1, 0.15) is 0 Å². The van der Waals surface area contributed by atoms with Crippen LogP contribution in [0.2, 0.25) is 0 Å². The molecule has 1 saturated carbocycles. The maximum atomic E-state index is 2.60. The zero-order chi connectivity index (χ0) is 47.6. The lowest BCUT2D eigenvalue weighted by Gasteiger charge is -2.36. The van der Waals surface area contributed by atoms with Crippen LogP contribution in [0.15, 0.2) is 211 Å². The highest BCUT2D eigenvalue weighted by atomic mass is 32.1. The number of thiophene rings is 2. The first-order valence-corrected chi connectivity index (χ1v) is 28.0. The Morgan fingerprint density at radius 1 is 0.556 bits per heavy atom. The Balaban J connectivity index is 0.737. The van der Waals surface area contributed by atoms with E-state index in [9.17, 15) is 0 Å². The van der Waals surface area contributed by atoms with Gasteiger partial charge in [0.25, 0.3) is 0 Å². The highest BCUT2D eigenvalue weighted by molar-refractivity contribution is 7.14. The molecule has 2 aromatic heterocycles. The summed E-state index contributed by atoms with van der Waals surface area (Å²) in [6.45, 7) is 0. The van der Waals surface area contributed by atoms with Crippen LogP contribution >= 0.6 is 22.7 Å². The summed E-state index contributed by atoms with van der Waals surface area (Å²) < 4.78 is 0. The fourth-order valence-electron chi connectivity index (χ4n) is 13.7. The molecule has 7 aromatic rings. The first-order valence-electron chi connectivity index (χ1n) is 26.4. The monoisotopic (exact) mass is 963 g/mol. The molecule has 14 rings (SSSR count). The maximum Gasteiger partial charge on any atom is 0.0458 e. The van der Waals surface area contributed by atoms with Gasteiger partial charge in [-0.05, 0) is 202 Å². The van der Waals surface area contributed by atoms with Crippen LogP contribution in [0.5, 0.6) is 0 Å². The van der Waals surface area contributed by atoms with Crippen molar-refractivity contribution in [3.63, 3.8) is 0 Å². The summed E-state index contributed by atoms with van der Waals surface area (Å²) in [6, 6.07) is 52.6. The molecule has 0 amide bonds. The number of para-hydroxylation sites is 2. The molecule has 3 atom stereocenters. The molecule has 3 heteroatoms. The molecule has 0 N–H and O–H groups in total. The summed E-state index contributed by atoms with van der Waals surface area (Å²) in [5, 5.41) is 2.80. The van der Waals surface area contributed by atoms with Gasteiger partial charge >= 0.3 is 0 Å². The Bertz CT molecular complexity index is 3570. The number of rotatable bonds is 10. The SMILES string of the molecule is C1=CCC(C2=C(c3ccc(/C=C/c4ccc(/C=C/c5ccc6c(c5)C5(CCCC5)C5=C6CCC(N(c6ccccc6)c6ccccc6)=C5)s4)s3)CC(C3C=CC=CC3)C3=C2c2cccc4cccc3c24)C=C1. The number of benzene rings is 5. The second-order valence-corrected chi connectivity index (χ2v) is 23.1. The lowest BCUT2D eigenvalue weighted by molar-refractivity contribution is 0.496. The third-order valence-corrected chi connectivity index (χ3v) is 19.0. The second kappa shape index (κ2) is 18.2. The van der Waals surface area contributed by atoms with Gasteiger partial charge in [-0.3, -0.25) is 0 Å². The van der Waals surface area contributed by atoms with Crippen molar-refractivity contribution in [2.75, 3.05) is 4.90 Å². The molecule has 0 saturated heterocycles. The predicted molar refractivity (Wildman–Crippen MR) is 311 cm³/mol. The highest BCUT2D eigenvalue weighted by Crippen LogP contribution is 2.61. The van der Waals surface area contributed by atoms with Crippen molar-refractivity contribution in [1.82, 2.24) is 0 Å². The Morgan fingerprint density at radius 3 is 1.97 bits per heavy atom. The molecule has 1 spiro atoms. The second-order valence-electron chi connectivity index (χ2n) is 20.8. The van der Waals surface area contributed by atoms with Gasteiger partial charge in [-0.15, -0.1) is 22.7 Å². The van der Waals surface area contributed by atoms with Crippen molar-refractivity contribution in [2.45, 2.75) is 63.2 Å². The molecule has 2 heterocycles. The van der Waals surface area contributed by atoms with Crippen molar-refractivity contribution in [1.29, 1.82) is 0 Å². The first-order chi connectivity index (χ1) is 35.7. The molecular weight excluding hydrogens is 907 g/mol. The van der Waals surface area contributed by atoms with Crippen LogP contribution in [0.4, 0.5) is 11.4 Å². The number of anilines is 2. The average molecular weight is 964 g/mol. The van der Waals surface area contributed by atoms with Gasteiger partial charge in [0.15, 0.2) is 0 Å². The summed E-state index contributed by atoms with van der Waals surface area (Å²) in [4.78, 5) is 7.78. The molecular formula is C69H57NS2. The molecule has 0 radical (unpaired) electrons. The molecule has 7 aliphatic rings. The number of fused-ring (bicyclic) bond motifs is 6. The summed E-state index contributed by atoms with van der Waals surface area (Å²) in [6.07, 6.45) is 41.0. The van der Waals surface area contributed by atoms with Crippen LogP contribution < -0.4 is 4.90 Å². The Hall–Kier alpha value is -7.04. The molecule has 72 heavy (non-hydrogen) atoms. The summed E-state index contributed by atoms with van der Waals surface area (Å²) in [7, 11) is 0. The van der Waals surface area contributed by atoms with E-state index in [1.807, 2.05) is 22.7 Å². The fraction of sp³-hybridized carbons (Fsp3) is 0.188. The average Bonchev–Trinajstić information content (AvgIpc) is 4.31. The standard InChI is InChI=1S/C69H57NS2/c1-5-17-47(18-6-1)60-45-61(66(49-19-7-2-8-20-49)68-59-28-16-22-48-21-15-27-58(65(48)59)67(60)68)64-40-37-55(72-64)36-35-54-34-33-53(71-54)32-29-46-30-38-56-57-39-31-52(44-63(57)69(62(56)43-46)41-13-14-42-69)70(50-23-9-3-10-24-50)51-25-11-4-12-26-51/h1-12,15-17,19,21-30,32-38,40,43-44,47,49,60H,13-14,18,20,31,39,41-42,45H2/b32-29+,36-35+. The molecule has 7 aliphatic carbocycles. The van der Waals surface area contributed by atoms with E-state index in [-0.39, 0.29) is 5.41 Å². The van der Waals surface area contributed by atoms with Gasteiger partial charge in [-0.2, -0.15) is 0 Å². The minimum atomic E-state index is 0.102. The van der Waals surface area contributed by atoms with E-state index in [4.69, 9.17) is 0 Å². The molecule has 3 unspecified atom stereocenters. The van der Waals surface area contributed by atoms with Gasteiger partial charge in [0.2, 0.25) is 0 Å². The van der Waals surface area contributed by atoms with Crippen LogP contribution in [0.3, 0.4) is 0 Å². The van der Waals surface area contributed by atoms with E-state index in [0.717, 1.165) is 32.1 Å². The van der Waals surface area contributed by atoms with E-state index in [2.05, 4.69) is 223 Å². The Kier molecular flexibility index (Phi) is 11.1. The summed E-state index contributed by atoms with van der Waals surface area (Å²) in [5.41, 5.74) is 20.6. The Morgan fingerprint density at radius 2 is 1.25 bits per heavy atom. The smallest absolute Gasteiger partial charge is 0.0458 e. The zero-order valence-corrected chi connectivity index (χ0v) is 42.3. The van der Waals surface area contributed by atoms with Crippen LogP contribution in [0.1, 0.15) is 105 Å². The largest absolute Gasteiger partial charge is 0.314 e. The molecule has 1 nitrogen and oxygen atoms in total. The van der Waals surface area contributed by atoms with E-state index < -0.39 is 0 Å². The van der Waals surface area contributed by atoms with Crippen molar-refractivity contribution >= 4 is 91.4 Å². The van der Waals surface area contributed by atoms with Gasteiger partial charge in [0, 0.05) is 47.9 Å². The molecule has 0 bridgehead atoms. The van der Waals surface area contributed by atoms with Crippen molar-refractivity contribution in [2.24, 2.45) is 17.8 Å². The van der Waals surface area contributed by atoms with Gasteiger partial charge in [0.05, 0.1) is 0 Å². The van der Waals surface area contributed by atoms with E-state index in [1.54, 1.807) is 33.4 Å². The van der Waals surface area contributed by atoms with Crippen LogP contribution in [0, 0.1) is 17.8 Å². The van der Waals surface area contributed by atoms with Crippen LogP contribution in [-0.4, -0.2) is 0 Å². The molecule has 5 aromatic carbocycles. The molecule has 0 aliphatic heterocycles. The van der Waals surface area contributed by atoms with E-state index in [0.29, 0.717) is 17.8 Å². The quantitative estimate of drug-likeness (QED) is 0.132. The third kappa shape index (κ3) is 7.46. The number of hydrogen-bond donors (Lipinski definition) is 0. The topological polar surface area (TPSA) is 3.24 Å². The Labute approximate surface area is 433 Å². The third-order valence-electron chi connectivity index (χ3n) is 16.9. The van der Waals surface area contributed by atoms with Crippen LogP contribution in [-0.2, 0) is 5.41 Å². The van der Waals surface area contributed by atoms with Crippen molar-refractivity contribution in [3.05, 3.63) is 258 Å².